The van der Waals surface area contributed by atoms with Crippen LogP contribution in [0.25, 0.3) is 0 Å². The van der Waals surface area contributed by atoms with Crippen LogP contribution in [0.2, 0.25) is 0 Å². The minimum Gasteiger partial charge on any atom is -0.507 e. The maximum absolute atomic E-state index is 11.4. The number of aldehydes is 1. The van der Waals surface area contributed by atoms with Crippen molar-refractivity contribution in [3.63, 3.8) is 0 Å². The number of pyridine rings is 1. The molecule has 1 aromatic heterocycles. The summed E-state index contributed by atoms with van der Waals surface area (Å²) in [7, 11) is 1.27. The lowest BCUT2D eigenvalue weighted by Crippen LogP contribution is -2.07. The van der Waals surface area contributed by atoms with Gasteiger partial charge in [-0.2, -0.15) is 0 Å². The summed E-state index contributed by atoms with van der Waals surface area (Å²) in [5.74, 6) is -0.447. The van der Waals surface area contributed by atoms with E-state index in [-0.39, 0.29) is 29.4 Å². The molecule has 0 fully saturated rings. The molecule has 108 valence electrons. The van der Waals surface area contributed by atoms with Gasteiger partial charge in [-0.05, 0) is 24.3 Å². The van der Waals surface area contributed by atoms with E-state index in [9.17, 15) is 14.7 Å². The van der Waals surface area contributed by atoms with E-state index < -0.39 is 5.97 Å². The van der Waals surface area contributed by atoms with Gasteiger partial charge in [-0.1, -0.05) is 12.1 Å². The molecule has 1 aromatic carbocycles. The molecular formula is C15H13NO5. The first-order chi connectivity index (χ1) is 10.2. The summed E-state index contributed by atoms with van der Waals surface area (Å²) in [6.07, 6.45) is 0.517. The zero-order valence-corrected chi connectivity index (χ0v) is 11.3. The van der Waals surface area contributed by atoms with Crippen molar-refractivity contribution < 1.29 is 24.2 Å². The number of esters is 1. The lowest BCUT2D eigenvalue weighted by molar-refractivity contribution is 0.0593. The van der Waals surface area contributed by atoms with Gasteiger partial charge in [0, 0.05) is 0 Å². The first-order valence-electron chi connectivity index (χ1n) is 6.10. The summed E-state index contributed by atoms with van der Waals surface area (Å²) in [4.78, 5) is 26.4. The second-order valence-corrected chi connectivity index (χ2v) is 4.10. The first kappa shape index (κ1) is 14.5. The largest absolute Gasteiger partial charge is 0.507 e. The van der Waals surface area contributed by atoms with Gasteiger partial charge in [-0.3, -0.25) is 4.79 Å². The zero-order chi connectivity index (χ0) is 15.2. The molecule has 0 radical (unpaired) electrons. The average molecular weight is 287 g/mol. The van der Waals surface area contributed by atoms with Crippen LogP contribution in [0.15, 0.2) is 36.4 Å². The molecule has 0 aliphatic carbocycles. The van der Waals surface area contributed by atoms with Crippen molar-refractivity contribution in [1.82, 2.24) is 4.98 Å². The number of phenols is 1. The van der Waals surface area contributed by atoms with Crippen molar-refractivity contribution >= 4 is 12.3 Å². The minimum absolute atomic E-state index is 0.0507. The predicted molar refractivity (Wildman–Crippen MR) is 73.4 cm³/mol. The maximum atomic E-state index is 11.4. The minimum atomic E-state index is -0.539. The predicted octanol–water partition coefficient (Wildman–Crippen LogP) is 1.97. The molecule has 6 nitrogen and oxygen atoms in total. The Bertz CT molecular complexity index is 669. The van der Waals surface area contributed by atoms with Gasteiger partial charge in [0.05, 0.1) is 18.4 Å². The first-order valence-corrected chi connectivity index (χ1v) is 6.10. The van der Waals surface area contributed by atoms with Crippen LogP contribution in [0.4, 0.5) is 0 Å². The lowest BCUT2D eigenvalue weighted by Gasteiger charge is -2.09. The Kier molecular flexibility index (Phi) is 4.50. The highest BCUT2D eigenvalue weighted by atomic mass is 16.5. The van der Waals surface area contributed by atoms with E-state index in [1.54, 1.807) is 24.3 Å². The number of methoxy groups -OCH3 is 1. The van der Waals surface area contributed by atoms with Crippen molar-refractivity contribution in [2.24, 2.45) is 0 Å². The number of hydrogen-bond donors (Lipinski definition) is 1. The van der Waals surface area contributed by atoms with Crippen LogP contribution in [0.1, 0.15) is 26.5 Å². The fraction of sp³-hybridized carbons (Fsp3) is 0.133. The summed E-state index contributed by atoms with van der Waals surface area (Å²) in [5.41, 5.74) is 0.741. The van der Waals surface area contributed by atoms with Gasteiger partial charge >= 0.3 is 5.97 Å². The van der Waals surface area contributed by atoms with Crippen molar-refractivity contribution in [2.45, 2.75) is 6.61 Å². The smallest absolute Gasteiger partial charge is 0.356 e. The number of aromatic nitrogens is 1. The Balaban J connectivity index is 2.15. The van der Waals surface area contributed by atoms with E-state index in [0.29, 0.717) is 12.0 Å². The van der Waals surface area contributed by atoms with E-state index in [2.05, 4.69) is 9.72 Å². The van der Waals surface area contributed by atoms with Gasteiger partial charge in [-0.15, -0.1) is 0 Å². The van der Waals surface area contributed by atoms with Crippen molar-refractivity contribution in [1.29, 1.82) is 0 Å². The molecule has 1 N–H and O–H groups in total. The Morgan fingerprint density at radius 1 is 1.29 bits per heavy atom. The van der Waals surface area contributed by atoms with E-state index in [1.165, 1.54) is 19.2 Å². The molecule has 0 atom stereocenters. The Hall–Kier alpha value is -2.89. The fourth-order valence-corrected chi connectivity index (χ4v) is 1.71. The van der Waals surface area contributed by atoms with Crippen LogP contribution in [-0.4, -0.2) is 29.5 Å². The van der Waals surface area contributed by atoms with Gasteiger partial charge in [-0.25, -0.2) is 9.78 Å². The number of rotatable bonds is 5. The molecule has 0 saturated carbocycles. The van der Waals surface area contributed by atoms with Gasteiger partial charge in [0.2, 0.25) is 0 Å². The third-order valence-corrected chi connectivity index (χ3v) is 2.74. The maximum Gasteiger partial charge on any atom is 0.356 e. The van der Waals surface area contributed by atoms with Crippen LogP contribution < -0.4 is 4.74 Å². The van der Waals surface area contributed by atoms with E-state index in [1.807, 2.05) is 0 Å². The molecule has 0 bridgehead atoms. The van der Waals surface area contributed by atoms with Gasteiger partial charge in [0.25, 0.3) is 0 Å². The van der Waals surface area contributed by atoms with Crippen molar-refractivity contribution in [2.75, 3.05) is 7.11 Å². The second-order valence-electron chi connectivity index (χ2n) is 4.10. The molecule has 6 heteroatoms. The molecule has 2 aromatic rings. The third kappa shape index (κ3) is 3.36. The Morgan fingerprint density at radius 2 is 2.05 bits per heavy atom. The number of aromatic hydroxyl groups is 1. The monoisotopic (exact) mass is 287 g/mol. The third-order valence-electron chi connectivity index (χ3n) is 2.74. The summed E-state index contributed by atoms with van der Waals surface area (Å²) in [6, 6.07) is 9.38. The number of carbonyl (C=O) groups is 2. The second kappa shape index (κ2) is 6.51. The molecule has 1 heterocycles. The topological polar surface area (TPSA) is 85.7 Å². The molecule has 21 heavy (non-hydrogen) atoms. The molecule has 0 amide bonds. The van der Waals surface area contributed by atoms with Gasteiger partial charge in [0.15, 0.2) is 6.29 Å². The number of nitrogens with zero attached hydrogens (tertiary/aromatic N) is 1. The standard InChI is InChI=1S/C15H13NO5/c1-20-15(19)12-5-2-4-10(16-12)9-21-14-7-3-6-13(18)11(14)8-17/h2-8,18H,9H2,1H3. The van der Waals surface area contributed by atoms with Crippen LogP contribution in [0.5, 0.6) is 11.5 Å². The summed E-state index contributed by atoms with van der Waals surface area (Å²) >= 11 is 0. The normalized spacial score (nSPS) is 9.95. The molecule has 0 aliphatic rings. The highest BCUT2D eigenvalue weighted by Gasteiger charge is 2.10. The molecule has 0 spiro atoms. The van der Waals surface area contributed by atoms with Gasteiger partial charge in [0.1, 0.15) is 23.8 Å². The molecule has 0 unspecified atom stereocenters. The van der Waals surface area contributed by atoms with Crippen LogP contribution in [-0.2, 0) is 11.3 Å². The molecule has 0 saturated heterocycles. The molecular weight excluding hydrogens is 274 g/mol. The van der Waals surface area contributed by atoms with Crippen LogP contribution in [0.3, 0.4) is 0 Å². The number of hydrogen-bond acceptors (Lipinski definition) is 6. The summed E-state index contributed by atoms with van der Waals surface area (Å²) in [5, 5.41) is 9.55. The Morgan fingerprint density at radius 3 is 2.76 bits per heavy atom. The summed E-state index contributed by atoms with van der Waals surface area (Å²) in [6.45, 7) is 0.0507. The molecule has 0 aliphatic heterocycles. The van der Waals surface area contributed by atoms with Crippen LogP contribution in [0, 0.1) is 0 Å². The zero-order valence-electron chi connectivity index (χ0n) is 11.3. The molecule has 2 rings (SSSR count). The highest BCUT2D eigenvalue weighted by Crippen LogP contribution is 2.25. The SMILES string of the molecule is COC(=O)c1cccc(COc2cccc(O)c2C=O)n1. The van der Waals surface area contributed by atoms with Crippen molar-refractivity contribution in [3.05, 3.63) is 53.3 Å². The lowest BCUT2D eigenvalue weighted by atomic mass is 10.2. The highest BCUT2D eigenvalue weighted by molar-refractivity contribution is 5.87. The summed E-state index contributed by atoms with van der Waals surface area (Å²) < 4.78 is 10.0. The van der Waals surface area contributed by atoms with Gasteiger partial charge < -0.3 is 14.6 Å². The Labute approximate surface area is 121 Å². The number of phenolic OH excluding ortho intramolecular Hbond substituents is 1. The number of ether oxygens (including phenoxy) is 2. The van der Waals surface area contributed by atoms with Crippen LogP contribution >= 0.6 is 0 Å². The van der Waals surface area contributed by atoms with E-state index in [0.717, 1.165) is 0 Å². The average Bonchev–Trinajstić information content (AvgIpc) is 2.52. The van der Waals surface area contributed by atoms with Crippen molar-refractivity contribution in [3.8, 4) is 11.5 Å². The van der Waals surface area contributed by atoms with E-state index >= 15 is 0 Å². The van der Waals surface area contributed by atoms with E-state index in [4.69, 9.17) is 4.74 Å². The fourth-order valence-electron chi connectivity index (χ4n) is 1.71. The quantitative estimate of drug-likeness (QED) is 0.668. The number of benzene rings is 1. The number of carbonyl (C=O) groups excluding carboxylic acids is 2.